The molecular formula is C14H10Cl2N4O. The van der Waals surface area contributed by atoms with E-state index in [-0.39, 0.29) is 5.56 Å². The van der Waals surface area contributed by atoms with Gasteiger partial charge < -0.3 is 4.98 Å². The Morgan fingerprint density at radius 3 is 2.81 bits per heavy atom. The van der Waals surface area contributed by atoms with Gasteiger partial charge in [-0.3, -0.25) is 9.48 Å². The summed E-state index contributed by atoms with van der Waals surface area (Å²) in [6.45, 7) is 0. The molecule has 7 heteroatoms. The zero-order chi connectivity index (χ0) is 15.0. The van der Waals surface area contributed by atoms with Crippen LogP contribution < -0.4 is 5.56 Å². The molecule has 0 radical (unpaired) electrons. The largest absolute Gasteiger partial charge is 0.306 e. The lowest BCUT2D eigenvalue weighted by Crippen LogP contribution is -2.08. The third-order valence-electron chi connectivity index (χ3n) is 2.95. The van der Waals surface area contributed by atoms with Crippen LogP contribution in [-0.2, 0) is 7.05 Å². The topological polar surface area (TPSA) is 63.6 Å². The van der Waals surface area contributed by atoms with Crippen molar-refractivity contribution in [2.45, 2.75) is 0 Å². The summed E-state index contributed by atoms with van der Waals surface area (Å²) in [7, 11) is 1.80. The number of halogens is 2. The van der Waals surface area contributed by atoms with E-state index < -0.39 is 0 Å². The van der Waals surface area contributed by atoms with Crippen LogP contribution in [0.3, 0.4) is 0 Å². The van der Waals surface area contributed by atoms with Crippen LogP contribution in [0.25, 0.3) is 22.6 Å². The molecule has 106 valence electrons. The summed E-state index contributed by atoms with van der Waals surface area (Å²) in [4.78, 5) is 19.0. The summed E-state index contributed by atoms with van der Waals surface area (Å²) < 4.78 is 1.64. The van der Waals surface area contributed by atoms with Gasteiger partial charge in [0.15, 0.2) is 0 Å². The fourth-order valence-electron chi connectivity index (χ4n) is 1.97. The zero-order valence-electron chi connectivity index (χ0n) is 11.0. The van der Waals surface area contributed by atoms with Crippen molar-refractivity contribution in [3.8, 4) is 22.6 Å². The van der Waals surface area contributed by atoms with Gasteiger partial charge in [0.1, 0.15) is 5.82 Å². The molecule has 3 rings (SSSR count). The number of hydrogen-bond donors (Lipinski definition) is 1. The zero-order valence-corrected chi connectivity index (χ0v) is 12.5. The maximum atomic E-state index is 11.9. The van der Waals surface area contributed by atoms with Gasteiger partial charge in [0.05, 0.1) is 21.9 Å². The second-order valence-electron chi connectivity index (χ2n) is 4.48. The molecule has 0 unspecified atom stereocenters. The van der Waals surface area contributed by atoms with Gasteiger partial charge in [-0.1, -0.05) is 29.3 Å². The maximum Gasteiger partial charge on any atom is 0.251 e. The number of benzene rings is 1. The first-order chi connectivity index (χ1) is 10.0. The summed E-state index contributed by atoms with van der Waals surface area (Å²) in [5, 5.41) is 4.83. The molecule has 0 aliphatic heterocycles. The van der Waals surface area contributed by atoms with Crippen LogP contribution >= 0.6 is 23.2 Å². The van der Waals surface area contributed by atoms with Gasteiger partial charge in [0, 0.05) is 30.4 Å². The predicted octanol–water partition coefficient (Wildman–Crippen LogP) is 3.14. The highest BCUT2D eigenvalue weighted by atomic mass is 35.5. The molecular weight excluding hydrogens is 311 g/mol. The number of aromatic nitrogens is 4. The Labute approximate surface area is 130 Å². The molecule has 0 aliphatic carbocycles. The minimum absolute atomic E-state index is 0.269. The van der Waals surface area contributed by atoms with E-state index in [2.05, 4.69) is 15.1 Å². The molecule has 2 heterocycles. The highest BCUT2D eigenvalue weighted by Crippen LogP contribution is 2.31. The lowest BCUT2D eigenvalue weighted by Gasteiger charge is -2.06. The lowest BCUT2D eigenvalue weighted by molar-refractivity contribution is 0.768. The van der Waals surface area contributed by atoms with Gasteiger partial charge in [0.25, 0.3) is 5.56 Å². The monoisotopic (exact) mass is 320 g/mol. The van der Waals surface area contributed by atoms with Crippen LogP contribution in [0.4, 0.5) is 0 Å². The second kappa shape index (κ2) is 5.35. The molecule has 0 fully saturated rings. The smallest absolute Gasteiger partial charge is 0.251 e. The third-order valence-corrected chi connectivity index (χ3v) is 3.77. The molecule has 0 amide bonds. The van der Waals surface area contributed by atoms with Crippen LogP contribution in [0.2, 0.25) is 10.0 Å². The summed E-state index contributed by atoms with van der Waals surface area (Å²) >= 11 is 12.2. The Morgan fingerprint density at radius 2 is 2.10 bits per heavy atom. The van der Waals surface area contributed by atoms with Crippen molar-refractivity contribution in [3.63, 3.8) is 0 Å². The minimum atomic E-state index is -0.269. The van der Waals surface area contributed by atoms with Gasteiger partial charge in [-0.2, -0.15) is 5.10 Å². The van der Waals surface area contributed by atoms with E-state index in [0.29, 0.717) is 27.1 Å². The van der Waals surface area contributed by atoms with Gasteiger partial charge in [-0.15, -0.1) is 0 Å². The number of nitrogens with one attached hydrogen (secondary N) is 1. The molecule has 0 saturated heterocycles. The lowest BCUT2D eigenvalue weighted by atomic mass is 10.2. The van der Waals surface area contributed by atoms with E-state index in [4.69, 9.17) is 23.2 Å². The first-order valence-electron chi connectivity index (χ1n) is 6.09. The number of rotatable bonds is 2. The predicted molar refractivity (Wildman–Crippen MR) is 82.5 cm³/mol. The number of nitrogens with zero attached hydrogens (tertiary/aromatic N) is 3. The van der Waals surface area contributed by atoms with Crippen LogP contribution in [-0.4, -0.2) is 19.7 Å². The van der Waals surface area contributed by atoms with Crippen molar-refractivity contribution >= 4 is 23.2 Å². The first-order valence-corrected chi connectivity index (χ1v) is 6.85. The van der Waals surface area contributed by atoms with E-state index in [1.54, 1.807) is 42.3 Å². The van der Waals surface area contributed by atoms with Crippen molar-refractivity contribution in [2.75, 3.05) is 0 Å². The highest BCUT2D eigenvalue weighted by molar-refractivity contribution is 6.43. The Kier molecular flexibility index (Phi) is 3.53. The van der Waals surface area contributed by atoms with Crippen molar-refractivity contribution < 1.29 is 0 Å². The Bertz CT molecular complexity index is 869. The van der Waals surface area contributed by atoms with E-state index in [1.165, 1.54) is 6.07 Å². The molecule has 21 heavy (non-hydrogen) atoms. The molecule has 0 atom stereocenters. The van der Waals surface area contributed by atoms with Gasteiger partial charge >= 0.3 is 0 Å². The van der Waals surface area contributed by atoms with Crippen LogP contribution in [0, 0.1) is 0 Å². The number of hydrogen-bond acceptors (Lipinski definition) is 3. The Hall–Kier alpha value is -2.11. The van der Waals surface area contributed by atoms with Gasteiger partial charge in [-0.25, -0.2) is 4.98 Å². The van der Waals surface area contributed by atoms with Crippen molar-refractivity contribution in [2.24, 2.45) is 7.05 Å². The third kappa shape index (κ3) is 2.70. The Morgan fingerprint density at radius 1 is 1.29 bits per heavy atom. The molecule has 0 aliphatic rings. The fourth-order valence-corrected chi connectivity index (χ4v) is 2.36. The van der Waals surface area contributed by atoms with Crippen molar-refractivity contribution in [3.05, 3.63) is 57.1 Å². The summed E-state index contributed by atoms with van der Waals surface area (Å²) in [6.07, 6.45) is 3.43. The molecule has 3 aromatic rings. The van der Waals surface area contributed by atoms with E-state index >= 15 is 0 Å². The van der Waals surface area contributed by atoms with E-state index in [1.807, 2.05) is 0 Å². The summed E-state index contributed by atoms with van der Waals surface area (Å²) in [5.41, 5.74) is 1.59. The van der Waals surface area contributed by atoms with Gasteiger partial charge in [0.2, 0.25) is 0 Å². The molecule has 5 nitrogen and oxygen atoms in total. The van der Waals surface area contributed by atoms with Gasteiger partial charge in [-0.05, 0) is 12.1 Å². The van der Waals surface area contributed by atoms with Crippen LogP contribution in [0.15, 0.2) is 41.5 Å². The maximum absolute atomic E-state index is 11.9. The molecule has 0 bridgehead atoms. The Balaban J connectivity index is 2.18. The first kappa shape index (κ1) is 13.9. The van der Waals surface area contributed by atoms with Crippen LogP contribution in [0.1, 0.15) is 0 Å². The average molecular weight is 321 g/mol. The number of aryl methyl sites for hydroxylation is 1. The van der Waals surface area contributed by atoms with Crippen molar-refractivity contribution in [1.29, 1.82) is 0 Å². The van der Waals surface area contributed by atoms with Crippen LogP contribution in [0.5, 0.6) is 0 Å². The normalized spacial score (nSPS) is 10.8. The quantitative estimate of drug-likeness (QED) is 0.789. The molecule has 1 aromatic carbocycles. The molecule has 0 saturated carbocycles. The number of H-pyrrole nitrogens is 1. The highest BCUT2D eigenvalue weighted by Gasteiger charge is 2.12. The van der Waals surface area contributed by atoms with Crippen molar-refractivity contribution in [1.82, 2.24) is 19.7 Å². The average Bonchev–Trinajstić information content (AvgIpc) is 2.88. The van der Waals surface area contributed by atoms with E-state index in [0.717, 1.165) is 5.56 Å². The SMILES string of the molecule is Cn1cc(-c2cc(=O)[nH]c(-c3cccc(Cl)c3Cl)n2)cn1. The molecule has 0 spiro atoms. The second-order valence-corrected chi connectivity index (χ2v) is 5.27. The molecule has 1 N–H and O–H groups in total. The van der Waals surface area contributed by atoms with E-state index in [9.17, 15) is 4.79 Å². The number of aromatic amines is 1. The minimum Gasteiger partial charge on any atom is -0.306 e. The standard InChI is InChI=1S/C14H10Cl2N4O/c1-20-7-8(6-17-20)11-5-12(21)19-14(18-11)9-3-2-4-10(15)13(9)16/h2-7H,1H3,(H,18,19,21). The molecule has 2 aromatic heterocycles. The summed E-state index contributed by atoms with van der Waals surface area (Å²) in [6, 6.07) is 6.59. The fraction of sp³-hybridized carbons (Fsp3) is 0.0714. The summed E-state index contributed by atoms with van der Waals surface area (Å²) in [5.74, 6) is 0.369.